The van der Waals surface area contributed by atoms with Gasteiger partial charge < -0.3 is 5.32 Å². The van der Waals surface area contributed by atoms with Gasteiger partial charge in [-0.3, -0.25) is 4.79 Å². The molecule has 0 radical (unpaired) electrons. The molecule has 0 unspecified atom stereocenters. The highest BCUT2D eigenvalue weighted by atomic mass is 16.1. The van der Waals surface area contributed by atoms with Crippen LogP contribution in [-0.2, 0) is 17.8 Å². The minimum absolute atomic E-state index is 0.624. The quantitative estimate of drug-likeness (QED) is 0.698. The highest BCUT2D eigenvalue weighted by Crippen LogP contribution is 2.11. The van der Waals surface area contributed by atoms with Crippen molar-refractivity contribution in [2.24, 2.45) is 0 Å². The van der Waals surface area contributed by atoms with Crippen molar-refractivity contribution in [2.75, 3.05) is 0 Å². The van der Waals surface area contributed by atoms with Gasteiger partial charge in [0.15, 0.2) is 0 Å². The minimum Gasteiger partial charge on any atom is -0.355 e. The number of amides is 1. The maximum absolute atomic E-state index is 10.1. The third kappa shape index (κ3) is 2.58. The van der Waals surface area contributed by atoms with E-state index in [4.69, 9.17) is 0 Å². The van der Waals surface area contributed by atoms with Crippen LogP contribution in [0.5, 0.6) is 0 Å². The largest absolute Gasteiger partial charge is 0.355 e. The Morgan fingerprint density at radius 1 is 1.46 bits per heavy atom. The van der Waals surface area contributed by atoms with E-state index in [0.29, 0.717) is 6.54 Å². The molecule has 1 aromatic carbocycles. The lowest BCUT2D eigenvalue weighted by Gasteiger charge is -2.06. The van der Waals surface area contributed by atoms with Gasteiger partial charge in [-0.1, -0.05) is 25.1 Å². The number of rotatable bonds is 4. The zero-order valence-corrected chi connectivity index (χ0v) is 8.13. The lowest BCUT2D eigenvalue weighted by molar-refractivity contribution is -0.109. The van der Waals surface area contributed by atoms with Crippen molar-refractivity contribution in [1.29, 1.82) is 0 Å². The Kier molecular flexibility index (Phi) is 3.50. The predicted octanol–water partition coefficient (Wildman–Crippen LogP) is 1.80. The molecule has 2 heteroatoms. The van der Waals surface area contributed by atoms with Gasteiger partial charge in [-0.2, -0.15) is 0 Å². The van der Waals surface area contributed by atoms with Crippen LogP contribution in [0.1, 0.15) is 23.6 Å². The Morgan fingerprint density at radius 3 is 2.77 bits per heavy atom. The van der Waals surface area contributed by atoms with E-state index < -0.39 is 0 Å². The molecule has 1 rings (SSSR count). The number of hydrogen-bond acceptors (Lipinski definition) is 1. The van der Waals surface area contributed by atoms with E-state index in [1.54, 1.807) is 0 Å². The van der Waals surface area contributed by atoms with E-state index >= 15 is 0 Å². The zero-order chi connectivity index (χ0) is 9.68. The Labute approximate surface area is 79.0 Å². The van der Waals surface area contributed by atoms with Crippen LogP contribution in [0, 0.1) is 6.92 Å². The van der Waals surface area contributed by atoms with E-state index in [1.165, 1.54) is 16.7 Å². The highest BCUT2D eigenvalue weighted by Gasteiger charge is 1.97. The summed E-state index contributed by atoms with van der Waals surface area (Å²) in [5.74, 6) is 0. The van der Waals surface area contributed by atoms with Crippen LogP contribution in [-0.4, -0.2) is 6.41 Å². The number of carbonyl (C=O) groups is 1. The van der Waals surface area contributed by atoms with E-state index in [2.05, 4.69) is 37.4 Å². The normalized spacial score (nSPS) is 9.69. The van der Waals surface area contributed by atoms with Crippen LogP contribution in [0.3, 0.4) is 0 Å². The summed E-state index contributed by atoms with van der Waals surface area (Å²) in [6, 6.07) is 6.35. The van der Waals surface area contributed by atoms with Crippen molar-refractivity contribution < 1.29 is 4.79 Å². The molecule has 0 atom stereocenters. The van der Waals surface area contributed by atoms with Gasteiger partial charge in [0.1, 0.15) is 0 Å². The summed E-state index contributed by atoms with van der Waals surface area (Å²) in [5, 5.41) is 2.66. The average molecular weight is 177 g/mol. The van der Waals surface area contributed by atoms with Gasteiger partial charge in [-0.25, -0.2) is 0 Å². The molecule has 0 aromatic heterocycles. The number of aryl methyl sites for hydroxylation is 2. The fraction of sp³-hybridized carbons (Fsp3) is 0.364. The second kappa shape index (κ2) is 4.65. The molecule has 0 aliphatic rings. The molecule has 1 amide bonds. The van der Waals surface area contributed by atoms with Gasteiger partial charge >= 0.3 is 0 Å². The van der Waals surface area contributed by atoms with Crippen molar-refractivity contribution in [3.8, 4) is 0 Å². The van der Waals surface area contributed by atoms with Gasteiger partial charge in [-0.05, 0) is 30.0 Å². The van der Waals surface area contributed by atoms with Crippen LogP contribution in [0.15, 0.2) is 18.2 Å². The Balaban J connectivity index is 2.78. The molecule has 0 aliphatic heterocycles. The Hall–Kier alpha value is -1.31. The topological polar surface area (TPSA) is 29.1 Å². The minimum atomic E-state index is 0.624. The molecular weight excluding hydrogens is 162 g/mol. The molecule has 2 nitrogen and oxygen atoms in total. The smallest absolute Gasteiger partial charge is 0.207 e. The third-order valence-electron chi connectivity index (χ3n) is 2.19. The standard InChI is InChI=1S/C11H15NO/c1-3-10-4-5-11(7-12-8-13)9(2)6-10/h4-6,8H,3,7H2,1-2H3,(H,12,13). The molecule has 0 spiro atoms. The summed E-state index contributed by atoms with van der Waals surface area (Å²) in [6.07, 6.45) is 1.79. The summed E-state index contributed by atoms with van der Waals surface area (Å²) < 4.78 is 0. The Bertz CT molecular complexity index is 294. The van der Waals surface area contributed by atoms with Crippen LogP contribution >= 0.6 is 0 Å². The second-order valence-electron chi connectivity index (χ2n) is 3.11. The molecular formula is C11H15NO. The lowest BCUT2D eigenvalue weighted by atomic mass is 10.0. The number of hydrogen-bond donors (Lipinski definition) is 1. The van der Waals surface area contributed by atoms with Crippen molar-refractivity contribution in [2.45, 2.75) is 26.8 Å². The van der Waals surface area contributed by atoms with Gasteiger partial charge in [-0.15, -0.1) is 0 Å². The first-order valence-corrected chi connectivity index (χ1v) is 4.53. The van der Waals surface area contributed by atoms with Gasteiger partial charge in [0, 0.05) is 6.54 Å². The van der Waals surface area contributed by atoms with Crippen LogP contribution in [0.4, 0.5) is 0 Å². The van der Waals surface area contributed by atoms with E-state index in [-0.39, 0.29) is 0 Å². The molecule has 0 heterocycles. The third-order valence-corrected chi connectivity index (χ3v) is 2.19. The van der Waals surface area contributed by atoms with Crippen molar-refractivity contribution in [3.63, 3.8) is 0 Å². The van der Waals surface area contributed by atoms with Gasteiger partial charge in [0.2, 0.25) is 6.41 Å². The van der Waals surface area contributed by atoms with Gasteiger partial charge in [0.05, 0.1) is 0 Å². The lowest BCUT2D eigenvalue weighted by Crippen LogP contribution is -2.10. The van der Waals surface area contributed by atoms with Gasteiger partial charge in [0.25, 0.3) is 0 Å². The molecule has 0 bridgehead atoms. The molecule has 1 aromatic rings. The molecule has 1 N–H and O–H groups in total. The number of nitrogens with one attached hydrogen (secondary N) is 1. The molecule has 13 heavy (non-hydrogen) atoms. The van der Waals surface area contributed by atoms with E-state index in [9.17, 15) is 4.79 Å². The maximum atomic E-state index is 10.1. The van der Waals surface area contributed by atoms with Crippen molar-refractivity contribution in [1.82, 2.24) is 5.32 Å². The van der Waals surface area contributed by atoms with Crippen molar-refractivity contribution >= 4 is 6.41 Å². The first kappa shape index (κ1) is 9.78. The summed E-state index contributed by atoms with van der Waals surface area (Å²) >= 11 is 0. The molecule has 0 saturated heterocycles. The van der Waals surface area contributed by atoms with Crippen LogP contribution < -0.4 is 5.32 Å². The molecule has 0 aliphatic carbocycles. The zero-order valence-electron chi connectivity index (χ0n) is 8.13. The monoisotopic (exact) mass is 177 g/mol. The fourth-order valence-corrected chi connectivity index (χ4v) is 1.33. The second-order valence-corrected chi connectivity index (χ2v) is 3.11. The summed E-state index contributed by atoms with van der Waals surface area (Å²) in [4.78, 5) is 10.1. The first-order chi connectivity index (χ1) is 6.27. The Morgan fingerprint density at radius 2 is 2.23 bits per heavy atom. The van der Waals surface area contributed by atoms with Crippen molar-refractivity contribution in [3.05, 3.63) is 34.9 Å². The predicted molar refractivity (Wildman–Crippen MR) is 53.5 cm³/mol. The van der Waals surface area contributed by atoms with E-state index in [0.717, 1.165) is 12.8 Å². The summed E-state index contributed by atoms with van der Waals surface area (Å²) in [5.41, 5.74) is 3.77. The molecule has 0 fully saturated rings. The maximum Gasteiger partial charge on any atom is 0.207 e. The van der Waals surface area contributed by atoms with Crippen LogP contribution in [0.25, 0.3) is 0 Å². The SMILES string of the molecule is CCc1ccc(CNC=O)c(C)c1. The molecule has 70 valence electrons. The first-order valence-electron chi connectivity index (χ1n) is 4.53. The van der Waals surface area contributed by atoms with E-state index in [1.807, 2.05) is 0 Å². The summed E-state index contributed by atoms with van der Waals surface area (Å²) in [7, 11) is 0. The summed E-state index contributed by atoms with van der Waals surface area (Å²) in [6.45, 7) is 4.83. The fourth-order valence-electron chi connectivity index (χ4n) is 1.33. The molecule has 0 saturated carbocycles. The van der Waals surface area contributed by atoms with Crippen LogP contribution in [0.2, 0.25) is 0 Å². The average Bonchev–Trinajstić information content (AvgIpc) is 2.16. The number of benzene rings is 1. The number of carbonyl (C=O) groups excluding carboxylic acids is 1. The highest BCUT2D eigenvalue weighted by molar-refractivity contribution is 5.46.